The van der Waals surface area contributed by atoms with Gasteiger partial charge in [0.2, 0.25) is 0 Å². The Balaban J connectivity index is 0. The van der Waals surface area contributed by atoms with Gasteiger partial charge in [0.25, 0.3) is 0 Å². The Morgan fingerprint density at radius 2 is 1.69 bits per heavy atom. The van der Waals surface area contributed by atoms with E-state index in [-0.39, 0.29) is 5.92 Å². The van der Waals surface area contributed by atoms with E-state index in [0.717, 1.165) is 0 Å². The van der Waals surface area contributed by atoms with Crippen molar-refractivity contribution in [1.29, 1.82) is 0 Å². The van der Waals surface area contributed by atoms with Crippen LogP contribution in [0.15, 0.2) is 0 Å². The van der Waals surface area contributed by atoms with Gasteiger partial charge in [-0.15, -0.1) is 0 Å². The third kappa shape index (κ3) is 9.49. The van der Waals surface area contributed by atoms with Crippen molar-refractivity contribution in [2.45, 2.75) is 60.1 Å². The van der Waals surface area contributed by atoms with Gasteiger partial charge in [0.1, 0.15) is 11.9 Å². The topological polar surface area (TPSA) is 55.4 Å². The Kier molecular flexibility index (Phi) is 8.81. The smallest absolute Gasteiger partial charge is 0.408 e. The zero-order chi connectivity index (χ0) is 13.4. The van der Waals surface area contributed by atoms with Crippen LogP contribution in [-0.2, 0) is 9.53 Å². The molecule has 0 fully saturated rings. The van der Waals surface area contributed by atoms with E-state index in [1.54, 1.807) is 20.8 Å². The average Bonchev–Trinajstić information content (AvgIpc) is 2.14. The maximum Gasteiger partial charge on any atom is 0.408 e. The van der Waals surface area contributed by atoms with E-state index in [0.29, 0.717) is 6.29 Å². The molecule has 0 saturated carbocycles. The molecule has 0 bridgehead atoms. The molecule has 1 unspecified atom stereocenters. The summed E-state index contributed by atoms with van der Waals surface area (Å²) in [6.07, 6.45) is 0.164. The number of aldehydes is 1. The zero-order valence-electron chi connectivity index (χ0n) is 11.5. The quantitative estimate of drug-likeness (QED) is 0.760. The monoisotopic (exact) mass is 231 g/mol. The van der Waals surface area contributed by atoms with Crippen LogP contribution < -0.4 is 5.32 Å². The highest BCUT2D eigenvalue weighted by molar-refractivity contribution is 5.73. The molecule has 0 saturated heterocycles. The molecule has 4 nitrogen and oxygen atoms in total. The van der Waals surface area contributed by atoms with Gasteiger partial charge < -0.3 is 14.8 Å². The molecule has 0 aromatic heterocycles. The van der Waals surface area contributed by atoms with Crippen molar-refractivity contribution in [2.75, 3.05) is 0 Å². The van der Waals surface area contributed by atoms with Crippen LogP contribution in [0.4, 0.5) is 4.79 Å². The van der Waals surface area contributed by atoms with E-state index in [1.165, 1.54) is 0 Å². The summed E-state index contributed by atoms with van der Waals surface area (Å²) in [6.45, 7) is 13.0. The van der Waals surface area contributed by atoms with Crippen molar-refractivity contribution in [2.24, 2.45) is 5.92 Å². The first-order valence-electron chi connectivity index (χ1n) is 5.71. The van der Waals surface area contributed by atoms with Crippen molar-refractivity contribution in [3.05, 3.63) is 0 Å². The van der Waals surface area contributed by atoms with E-state index in [2.05, 4.69) is 5.32 Å². The van der Waals surface area contributed by atoms with Crippen LogP contribution in [-0.4, -0.2) is 24.0 Å². The molecule has 0 aliphatic carbocycles. The maximum atomic E-state index is 11.2. The molecule has 1 amide bonds. The van der Waals surface area contributed by atoms with Crippen LogP contribution >= 0.6 is 0 Å². The molecule has 0 spiro atoms. The third-order valence-electron chi connectivity index (χ3n) is 1.55. The molecule has 1 atom stereocenters. The highest BCUT2D eigenvalue weighted by Gasteiger charge is 2.20. The highest BCUT2D eigenvalue weighted by Crippen LogP contribution is 2.07. The molecule has 16 heavy (non-hydrogen) atoms. The number of rotatable bonds is 3. The summed E-state index contributed by atoms with van der Waals surface area (Å²) in [4.78, 5) is 21.8. The number of hydrogen-bond acceptors (Lipinski definition) is 3. The lowest BCUT2D eigenvalue weighted by atomic mass is 10.1. The SMILES string of the molecule is CC.CC(C)C(C=O)NC(=O)OC(C)(C)C. The van der Waals surface area contributed by atoms with Gasteiger partial charge in [0, 0.05) is 0 Å². The largest absolute Gasteiger partial charge is 0.444 e. The second-order valence-corrected chi connectivity index (χ2v) is 4.55. The van der Waals surface area contributed by atoms with Crippen molar-refractivity contribution in [1.82, 2.24) is 5.32 Å². The summed E-state index contributed by atoms with van der Waals surface area (Å²) >= 11 is 0. The van der Waals surface area contributed by atoms with Gasteiger partial charge in [-0.25, -0.2) is 4.79 Å². The Labute approximate surface area is 98.7 Å². The summed E-state index contributed by atoms with van der Waals surface area (Å²) in [5.41, 5.74) is -0.533. The van der Waals surface area contributed by atoms with Crippen LogP contribution in [0.2, 0.25) is 0 Å². The number of carbonyl (C=O) groups is 2. The number of nitrogens with one attached hydrogen (secondary N) is 1. The maximum absolute atomic E-state index is 11.2. The minimum absolute atomic E-state index is 0.0695. The fourth-order valence-corrected chi connectivity index (χ4v) is 0.801. The Bertz CT molecular complexity index is 207. The summed E-state index contributed by atoms with van der Waals surface area (Å²) < 4.78 is 5.01. The minimum atomic E-state index is -0.553. The predicted molar refractivity (Wildman–Crippen MR) is 65.4 cm³/mol. The number of amides is 1. The van der Waals surface area contributed by atoms with Gasteiger partial charge in [-0.2, -0.15) is 0 Å². The van der Waals surface area contributed by atoms with E-state index in [1.807, 2.05) is 27.7 Å². The van der Waals surface area contributed by atoms with Crippen molar-refractivity contribution in [3.63, 3.8) is 0 Å². The Morgan fingerprint density at radius 3 is 1.94 bits per heavy atom. The lowest BCUT2D eigenvalue weighted by Crippen LogP contribution is -2.42. The third-order valence-corrected chi connectivity index (χ3v) is 1.55. The van der Waals surface area contributed by atoms with Crippen LogP contribution in [0.25, 0.3) is 0 Å². The first kappa shape index (κ1) is 17.3. The summed E-state index contributed by atoms with van der Waals surface area (Å²) in [5, 5.41) is 2.49. The summed E-state index contributed by atoms with van der Waals surface area (Å²) in [5.74, 6) is 0.0695. The molecular weight excluding hydrogens is 206 g/mol. The Morgan fingerprint density at radius 1 is 1.25 bits per heavy atom. The van der Waals surface area contributed by atoms with E-state index in [4.69, 9.17) is 4.74 Å². The number of ether oxygens (including phenoxy) is 1. The fourth-order valence-electron chi connectivity index (χ4n) is 0.801. The van der Waals surface area contributed by atoms with Crippen LogP contribution in [0.5, 0.6) is 0 Å². The molecule has 0 aromatic carbocycles. The normalized spacial score (nSPS) is 12.2. The van der Waals surface area contributed by atoms with Gasteiger partial charge in [-0.1, -0.05) is 27.7 Å². The Hall–Kier alpha value is -1.06. The molecular formula is C12H25NO3. The van der Waals surface area contributed by atoms with Gasteiger partial charge >= 0.3 is 6.09 Å². The van der Waals surface area contributed by atoms with E-state index < -0.39 is 17.7 Å². The van der Waals surface area contributed by atoms with E-state index in [9.17, 15) is 9.59 Å². The second kappa shape index (κ2) is 8.13. The molecule has 1 N–H and O–H groups in total. The first-order chi connectivity index (χ1) is 7.26. The minimum Gasteiger partial charge on any atom is -0.444 e. The summed E-state index contributed by atoms with van der Waals surface area (Å²) in [7, 11) is 0. The first-order valence-corrected chi connectivity index (χ1v) is 5.71. The molecule has 4 heteroatoms. The molecule has 0 rings (SSSR count). The van der Waals surface area contributed by atoms with Gasteiger partial charge in [-0.05, 0) is 26.7 Å². The highest BCUT2D eigenvalue weighted by atomic mass is 16.6. The lowest BCUT2D eigenvalue weighted by Gasteiger charge is -2.22. The number of carbonyl (C=O) groups excluding carboxylic acids is 2. The van der Waals surface area contributed by atoms with Crippen molar-refractivity contribution >= 4 is 12.4 Å². The van der Waals surface area contributed by atoms with Gasteiger partial charge in [0.05, 0.1) is 6.04 Å². The fraction of sp³-hybridized carbons (Fsp3) is 0.833. The molecule has 96 valence electrons. The molecule has 0 aromatic rings. The average molecular weight is 231 g/mol. The van der Waals surface area contributed by atoms with Gasteiger partial charge in [0.15, 0.2) is 0 Å². The van der Waals surface area contributed by atoms with Crippen LogP contribution in [0, 0.1) is 5.92 Å². The lowest BCUT2D eigenvalue weighted by molar-refractivity contribution is -0.110. The summed E-state index contributed by atoms with van der Waals surface area (Å²) in [6, 6.07) is -0.482. The van der Waals surface area contributed by atoms with E-state index >= 15 is 0 Å². The number of alkyl carbamates (subject to hydrolysis) is 1. The number of hydrogen-bond donors (Lipinski definition) is 1. The molecule has 0 heterocycles. The van der Waals surface area contributed by atoms with Crippen LogP contribution in [0.3, 0.4) is 0 Å². The van der Waals surface area contributed by atoms with Crippen molar-refractivity contribution in [3.8, 4) is 0 Å². The van der Waals surface area contributed by atoms with Gasteiger partial charge in [-0.3, -0.25) is 0 Å². The standard InChI is InChI=1S/C10H19NO3.C2H6/c1-7(2)8(6-12)11-9(13)14-10(3,4)5;1-2/h6-8H,1-5H3,(H,11,13);1-2H3. The second-order valence-electron chi connectivity index (χ2n) is 4.55. The van der Waals surface area contributed by atoms with Crippen LogP contribution in [0.1, 0.15) is 48.5 Å². The molecule has 0 radical (unpaired) electrons. The zero-order valence-corrected chi connectivity index (χ0v) is 11.5. The molecule has 0 aliphatic rings. The van der Waals surface area contributed by atoms with Crippen molar-refractivity contribution < 1.29 is 14.3 Å². The molecule has 0 aliphatic heterocycles. The predicted octanol–water partition coefficient (Wildman–Crippen LogP) is 2.76.